The highest BCUT2D eigenvalue weighted by molar-refractivity contribution is 9.10. The minimum absolute atomic E-state index is 0.770. The summed E-state index contributed by atoms with van der Waals surface area (Å²) in [5, 5.41) is 1.35. The number of hydrogen-bond acceptors (Lipinski definition) is 2. The average Bonchev–Trinajstić information content (AvgIpc) is 2.15. The number of halogens is 1. The summed E-state index contributed by atoms with van der Waals surface area (Å²) in [6.07, 6.45) is 0. The van der Waals surface area contributed by atoms with Gasteiger partial charge in [-0.3, -0.25) is 0 Å². The first-order chi connectivity index (χ1) is 6.90. The maximum Gasteiger partial charge on any atom is 0.161 e. The number of benzene rings is 1. The fourth-order valence-corrected chi connectivity index (χ4v) is 4.89. The molecule has 0 radical (unpaired) electrons. The summed E-state index contributed by atoms with van der Waals surface area (Å²) >= 11 is 3.59. The van der Waals surface area contributed by atoms with E-state index in [2.05, 4.69) is 41.6 Å². The van der Waals surface area contributed by atoms with Gasteiger partial charge in [0, 0.05) is 4.47 Å². The van der Waals surface area contributed by atoms with Gasteiger partial charge in [0.15, 0.2) is 11.5 Å². The zero-order valence-electron chi connectivity index (χ0n) is 9.85. The van der Waals surface area contributed by atoms with E-state index in [9.17, 15) is 0 Å². The van der Waals surface area contributed by atoms with Crippen molar-refractivity contribution in [2.75, 3.05) is 14.2 Å². The van der Waals surface area contributed by atoms with Crippen LogP contribution >= 0.6 is 15.9 Å². The molecule has 0 saturated heterocycles. The van der Waals surface area contributed by atoms with E-state index in [1.165, 1.54) is 5.19 Å². The van der Waals surface area contributed by atoms with E-state index < -0.39 is 8.07 Å². The Labute approximate surface area is 101 Å². The molecule has 1 aromatic rings. The van der Waals surface area contributed by atoms with E-state index in [4.69, 9.17) is 9.47 Å². The fraction of sp³-hybridized carbons (Fsp3) is 0.455. The smallest absolute Gasteiger partial charge is 0.161 e. The molecular formula is C11H17BrO2Si. The van der Waals surface area contributed by atoms with Gasteiger partial charge < -0.3 is 9.47 Å². The van der Waals surface area contributed by atoms with Crippen LogP contribution in [-0.4, -0.2) is 22.3 Å². The van der Waals surface area contributed by atoms with Crippen molar-refractivity contribution in [2.45, 2.75) is 19.6 Å². The highest BCUT2D eigenvalue weighted by Crippen LogP contribution is 2.30. The third-order valence-electron chi connectivity index (χ3n) is 2.28. The number of hydrogen-bond donors (Lipinski definition) is 0. The average molecular weight is 289 g/mol. The Morgan fingerprint density at radius 2 is 1.47 bits per heavy atom. The largest absolute Gasteiger partial charge is 0.493 e. The summed E-state index contributed by atoms with van der Waals surface area (Å²) in [4.78, 5) is 0. The van der Waals surface area contributed by atoms with Gasteiger partial charge in [0.25, 0.3) is 0 Å². The van der Waals surface area contributed by atoms with Gasteiger partial charge in [0.2, 0.25) is 0 Å². The van der Waals surface area contributed by atoms with E-state index in [0.29, 0.717) is 0 Å². The molecule has 0 unspecified atom stereocenters. The summed E-state index contributed by atoms with van der Waals surface area (Å²) in [6.45, 7) is 6.91. The summed E-state index contributed by atoms with van der Waals surface area (Å²) < 4.78 is 11.7. The summed E-state index contributed by atoms with van der Waals surface area (Å²) in [6, 6.07) is 4.06. The Bertz CT molecular complexity index is 358. The van der Waals surface area contributed by atoms with Gasteiger partial charge in [-0.25, -0.2) is 0 Å². The number of ether oxygens (including phenoxy) is 2. The Morgan fingerprint density at radius 1 is 1.00 bits per heavy atom. The van der Waals surface area contributed by atoms with E-state index >= 15 is 0 Å². The van der Waals surface area contributed by atoms with Crippen molar-refractivity contribution in [3.05, 3.63) is 16.6 Å². The molecule has 2 nitrogen and oxygen atoms in total. The molecule has 0 bridgehead atoms. The lowest BCUT2D eigenvalue weighted by molar-refractivity contribution is 0.355. The normalized spacial score (nSPS) is 11.3. The minimum atomic E-state index is -1.34. The highest BCUT2D eigenvalue weighted by Gasteiger charge is 2.21. The minimum Gasteiger partial charge on any atom is -0.493 e. The molecule has 15 heavy (non-hydrogen) atoms. The molecule has 0 aliphatic heterocycles. The van der Waals surface area contributed by atoms with Crippen LogP contribution in [0.4, 0.5) is 0 Å². The van der Waals surface area contributed by atoms with Gasteiger partial charge >= 0.3 is 0 Å². The first-order valence-electron chi connectivity index (χ1n) is 4.82. The monoisotopic (exact) mass is 288 g/mol. The van der Waals surface area contributed by atoms with Gasteiger partial charge in [0.05, 0.1) is 22.3 Å². The summed E-state index contributed by atoms with van der Waals surface area (Å²) in [5.74, 6) is 1.57. The maximum atomic E-state index is 5.30. The molecule has 0 N–H and O–H groups in total. The molecular weight excluding hydrogens is 272 g/mol. The second-order valence-corrected chi connectivity index (χ2v) is 10.3. The zero-order valence-corrected chi connectivity index (χ0v) is 12.4. The molecule has 0 amide bonds. The molecule has 0 aromatic heterocycles. The lowest BCUT2D eigenvalue weighted by Crippen LogP contribution is -2.38. The van der Waals surface area contributed by atoms with Crippen LogP contribution in [0.2, 0.25) is 19.6 Å². The molecule has 1 rings (SSSR count). The van der Waals surface area contributed by atoms with Crippen molar-refractivity contribution in [3.63, 3.8) is 0 Å². The van der Waals surface area contributed by atoms with Gasteiger partial charge in [-0.1, -0.05) is 35.6 Å². The van der Waals surface area contributed by atoms with Crippen LogP contribution in [0.5, 0.6) is 11.5 Å². The Morgan fingerprint density at radius 3 is 1.87 bits per heavy atom. The van der Waals surface area contributed by atoms with E-state index in [-0.39, 0.29) is 0 Å². The summed E-state index contributed by atoms with van der Waals surface area (Å²) in [5.41, 5.74) is 0. The molecule has 0 fully saturated rings. The van der Waals surface area contributed by atoms with E-state index in [1.54, 1.807) is 14.2 Å². The van der Waals surface area contributed by atoms with E-state index in [1.807, 2.05) is 6.07 Å². The van der Waals surface area contributed by atoms with E-state index in [0.717, 1.165) is 16.0 Å². The van der Waals surface area contributed by atoms with Gasteiger partial charge in [-0.2, -0.15) is 0 Å². The predicted molar refractivity (Wildman–Crippen MR) is 70.2 cm³/mol. The second-order valence-electron chi connectivity index (χ2n) is 4.44. The maximum absolute atomic E-state index is 5.30. The van der Waals surface area contributed by atoms with Gasteiger partial charge in [0.1, 0.15) is 0 Å². The molecule has 84 valence electrons. The SMILES string of the molecule is COc1cc(Br)c([Si](C)(C)C)cc1OC. The molecule has 1 aromatic carbocycles. The lowest BCUT2D eigenvalue weighted by atomic mass is 10.3. The quantitative estimate of drug-likeness (QED) is 0.796. The van der Waals surface area contributed by atoms with Crippen molar-refractivity contribution in [3.8, 4) is 11.5 Å². The van der Waals surface area contributed by atoms with Crippen LogP contribution < -0.4 is 14.7 Å². The Hall–Kier alpha value is -0.483. The molecule has 4 heteroatoms. The second kappa shape index (κ2) is 4.57. The third-order valence-corrected chi connectivity index (χ3v) is 5.33. The van der Waals surface area contributed by atoms with Crippen LogP contribution in [0, 0.1) is 0 Å². The lowest BCUT2D eigenvalue weighted by Gasteiger charge is -2.20. The Kier molecular flexibility index (Phi) is 3.84. The predicted octanol–water partition coefficient (Wildman–Crippen LogP) is 3.01. The Balaban J connectivity index is 3.32. The fourth-order valence-electron chi connectivity index (χ4n) is 1.43. The van der Waals surface area contributed by atoms with Crippen LogP contribution in [0.25, 0.3) is 0 Å². The van der Waals surface area contributed by atoms with Crippen LogP contribution in [-0.2, 0) is 0 Å². The molecule has 0 atom stereocenters. The molecule has 0 saturated carbocycles. The van der Waals surface area contributed by atoms with Gasteiger partial charge in [-0.05, 0) is 17.3 Å². The highest BCUT2D eigenvalue weighted by atomic mass is 79.9. The number of methoxy groups -OCH3 is 2. The molecule has 0 spiro atoms. The standard InChI is InChI=1S/C11H17BrO2Si/c1-13-9-6-8(12)11(15(3,4)5)7-10(9)14-2/h6-7H,1-5H3. The van der Waals surface area contributed by atoms with Gasteiger partial charge in [-0.15, -0.1) is 0 Å². The van der Waals surface area contributed by atoms with Crippen molar-refractivity contribution >= 4 is 29.2 Å². The molecule has 0 heterocycles. The zero-order chi connectivity index (χ0) is 11.6. The first kappa shape index (κ1) is 12.6. The molecule has 0 aliphatic rings. The topological polar surface area (TPSA) is 18.5 Å². The van der Waals surface area contributed by atoms with Crippen molar-refractivity contribution in [1.29, 1.82) is 0 Å². The molecule has 0 aliphatic carbocycles. The third kappa shape index (κ3) is 2.75. The first-order valence-corrected chi connectivity index (χ1v) is 9.11. The van der Waals surface area contributed by atoms with Crippen molar-refractivity contribution in [2.24, 2.45) is 0 Å². The van der Waals surface area contributed by atoms with Crippen LogP contribution in [0.15, 0.2) is 16.6 Å². The van der Waals surface area contributed by atoms with Crippen molar-refractivity contribution in [1.82, 2.24) is 0 Å². The van der Waals surface area contributed by atoms with Crippen molar-refractivity contribution < 1.29 is 9.47 Å². The number of rotatable bonds is 3. The summed E-state index contributed by atoms with van der Waals surface area (Å²) in [7, 11) is 1.97. The van der Waals surface area contributed by atoms with Crippen LogP contribution in [0.3, 0.4) is 0 Å². The van der Waals surface area contributed by atoms with Crippen LogP contribution in [0.1, 0.15) is 0 Å².